The van der Waals surface area contributed by atoms with Gasteiger partial charge in [-0.15, -0.1) is 0 Å². The topological polar surface area (TPSA) is 88.5 Å². The summed E-state index contributed by atoms with van der Waals surface area (Å²) < 4.78 is 59.8. The summed E-state index contributed by atoms with van der Waals surface area (Å²) in [6.45, 7) is 0.625. The lowest BCUT2D eigenvalue weighted by Crippen LogP contribution is -2.33. The van der Waals surface area contributed by atoms with Crippen LogP contribution >= 0.6 is 0 Å². The molecular weight excluding hydrogens is 360 g/mol. The normalized spacial score (nSPS) is 20.8. The number of carbonyl (C=O) groups is 2. The van der Waals surface area contributed by atoms with E-state index in [0.29, 0.717) is 0 Å². The van der Waals surface area contributed by atoms with Crippen LogP contribution in [0.5, 0.6) is 0 Å². The number of aromatic nitrogens is 1. The SMILES string of the molecule is C[C@@H](F)c1c(F)cncc1[C@@H]1C2=C(COC2=O)NC(C(F)F)=C1C(=O)O. The summed E-state index contributed by atoms with van der Waals surface area (Å²) in [5.41, 5.74) is -3.05. The number of esters is 1. The Morgan fingerprint density at radius 2 is 2.08 bits per heavy atom. The fraction of sp³-hybridized carbons (Fsp3) is 0.312. The zero-order valence-electron chi connectivity index (χ0n) is 13.2. The molecule has 6 nitrogen and oxygen atoms in total. The molecule has 0 saturated heterocycles. The summed E-state index contributed by atoms with van der Waals surface area (Å²) in [7, 11) is 0. The third-order valence-corrected chi connectivity index (χ3v) is 4.17. The quantitative estimate of drug-likeness (QED) is 0.623. The molecule has 0 unspecified atom stereocenters. The molecule has 10 heteroatoms. The van der Waals surface area contributed by atoms with Crippen LogP contribution in [0.1, 0.15) is 30.1 Å². The van der Waals surface area contributed by atoms with E-state index in [1.807, 2.05) is 0 Å². The van der Waals surface area contributed by atoms with E-state index in [0.717, 1.165) is 19.3 Å². The number of hydrogen-bond donors (Lipinski definition) is 2. The van der Waals surface area contributed by atoms with Crippen molar-refractivity contribution in [1.82, 2.24) is 10.3 Å². The second kappa shape index (κ2) is 6.43. The third-order valence-electron chi connectivity index (χ3n) is 4.17. The zero-order valence-corrected chi connectivity index (χ0v) is 13.2. The third kappa shape index (κ3) is 2.71. The molecule has 3 heterocycles. The van der Waals surface area contributed by atoms with Gasteiger partial charge in [-0.2, -0.15) is 0 Å². The number of hydrogen-bond acceptors (Lipinski definition) is 5. The van der Waals surface area contributed by atoms with E-state index < -0.39 is 53.1 Å². The summed E-state index contributed by atoms with van der Waals surface area (Å²) in [5, 5.41) is 11.7. The maximum atomic E-state index is 14.1. The summed E-state index contributed by atoms with van der Waals surface area (Å²) >= 11 is 0. The van der Waals surface area contributed by atoms with Crippen molar-refractivity contribution in [3.63, 3.8) is 0 Å². The molecule has 0 saturated carbocycles. The van der Waals surface area contributed by atoms with Crippen molar-refractivity contribution in [2.75, 3.05) is 6.61 Å². The van der Waals surface area contributed by atoms with Gasteiger partial charge in [0.15, 0.2) is 0 Å². The number of allylic oxidation sites excluding steroid dienone is 1. The number of cyclic esters (lactones) is 1. The molecule has 2 aliphatic rings. The molecule has 2 N–H and O–H groups in total. The number of dihydropyridines is 1. The zero-order chi connectivity index (χ0) is 19.2. The van der Waals surface area contributed by atoms with Gasteiger partial charge in [0, 0.05) is 11.8 Å². The first-order chi connectivity index (χ1) is 12.2. The highest BCUT2D eigenvalue weighted by molar-refractivity contribution is 6.00. The van der Waals surface area contributed by atoms with Crippen LogP contribution in [-0.2, 0) is 14.3 Å². The standard InChI is InChI=1S/C16H12F4N2O4/c1-5(17)9-6(2-21-3-7(9)18)10-11-8(4-26-16(11)25)22-13(14(19)20)12(10)15(23)24/h2-3,5,10,14,22H,4H2,1H3,(H,23,24)/t5-,10-/m1/s1. The molecule has 0 bridgehead atoms. The lowest BCUT2D eigenvalue weighted by molar-refractivity contribution is -0.136. The van der Waals surface area contributed by atoms with Crippen molar-refractivity contribution >= 4 is 11.9 Å². The minimum absolute atomic E-state index is 0.0676. The van der Waals surface area contributed by atoms with Gasteiger partial charge in [-0.3, -0.25) is 4.98 Å². The maximum absolute atomic E-state index is 14.1. The Hall–Kier alpha value is -2.91. The van der Waals surface area contributed by atoms with Gasteiger partial charge in [0.1, 0.15) is 18.6 Å². The van der Waals surface area contributed by atoms with Crippen LogP contribution in [0.25, 0.3) is 0 Å². The molecule has 0 radical (unpaired) electrons. The van der Waals surface area contributed by atoms with Gasteiger partial charge in [0.25, 0.3) is 6.43 Å². The van der Waals surface area contributed by atoms with E-state index >= 15 is 0 Å². The van der Waals surface area contributed by atoms with Crippen molar-refractivity contribution < 1.29 is 37.0 Å². The largest absolute Gasteiger partial charge is 0.478 e. The van der Waals surface area contributed by atoms with Crippen molar-refractivity contribution in [3.05, 3.63) is 51.9 Å². The monoisotopic (exact) mass is 372 g/mol. The number of halogens is 4. The average Bonchev–Trinajstić information content (AvgIpc) is 2.93. The van der Waals surface area contributed by atoms with E-state index in [1.165, 1.54) is 0 Å². The smallest absolute Gasteiger partial charge is 0.337 e. The van der Waals surface area contributed by atoms with E-state index in [9.17, 15) is 32.3 Å². The number of pyridine rings is 1. The van der Waals surface area contributed by atoms with E-state index in [2.05, 4.69) is 10.3 Å². The van der Waals surface area contributed by atoms with Crippen molar-refractivity contribution in [3.8, 4) is 0 Å². The molecule has 0 amide bonds. The summed E-state index contributed by atoms with van der Waals surface area (Å²) in [6.07, 6.45) is -3.43. The second-order valence-corrected chi connectivity index (χ2v) is 5.70. The van der Waals surface area contributed by atoms with Crippen molar-refractivity contribution in [2.45, 2.75) is 25.4 Å². The van der Waals surface area contributed by atoms with Crippen LogP contribution in [0.2, 0.25) is 0 Å². The Balaban J connectivity index is 2.33. The van der Waals surface area contributed by atoms with Crippen LogP contribution in [0, 0.1) is 5.82 Å². The first kappa shape index (κ1) is 17.9. The number of aliphatic carboxylic acids is 1. The number of carboxylic acid groups (broad SMARTS) is 1. The van der Waals surface area contributed by atoms with Gasteiger partial charge in [0.05, 0.1) is 34.7 Å². The average molecular weight is 372 g/mol. The highest BCUT2D eigenvalue weighted by Gasteiger charge is 2.45. The van der Waals surface area contributed by atoms with Gasteiger partial charge in [-0.05, 0) is 12.5 Å². The molecule has 0 aliphatic carbocycles. The van der Waals surface area contributed by atoms with Crippen LogP contribution < -0.4 is 5.32 Å². The van der Waals surface area contributed by atoms with Crippen LogP contribution in [0.3, 0.4) is 0 Å². The van der Waals surface area contributed by atoms with Crippen LogP contribution in [0.4, 0.5) is 17.6 Å². The maximum Gasteiger partial charge on any atom is 0.337 e. The number of alkyl halides is 3. The molecule has 1 aromatic heterocycles. The summed E-state index contributed by atoms with van der Waals surface area (Å²) in [5.74, 6) is -5.43. The van der Waals surface area contributed by atoms with Gasteiger partial charge >= 0.3 is 11.9 Å². The fourth-order valence-corrected chi connectivity index (χ4v) is 3.17. The Labute approximate surface area is 144 Å². The Bertz CT molecular complexity index is 864. The minimum atomic E-state index is -3.22. The Morgan fingerprint density at radius 1 is 1.38 bits per heavy atom. The predicted molar refractivity (Wildman–Crippen MR) is 78.2 cm³/mol. The fourth-order valence-electron chi connectivity index (χ4n) is 3.17. The van der Waals surface area contributed by atoms with Crippen molar-refractivity contribution in [2.24, 2.45) is 0 Å². The number of nitrogens with zero attached hydrogens (tertiary/aromatic N) is 1. The number of nitrogens with one attached hydrogen (secondary N) is 1. The highest BCUT2D eigenvalue weighted by atomic mass is 19.3. The first-order valence-electron chi connectivity index (χ1n) is 7.44. The van der Waals surface area contributed by atoms with E-state index in [-0.39, 0.29) is 23.4 Å². The molecule has 0 fully saturated rings. The molecule has 0 aromatic carbocycles. The number of carbonyl (C=O) groups excluding carboxylic acids is 1. The molecular formula is C16H12F4N2O4. The van der Waals surface area contributed by atoms with Crippen molar-refractivity contribution in [1.29, 1.82) is 0 Å². The molecule has 1 aromatic rings. The summed E-state index contributed by atoms with van der Waals surface area (Å²) in [6, 6.07) is 0. The molecule has 138 valence electrons. The van der Waals surface area contributed by atoms with Gasteiger partial charge in [0.2, 0.25) is 0 Å². The Morgan fingerprint density at radius 3 is 2.65 bits per heavy atom. The number of rotatable bonds is 4. The lowest BCUT2D eigenvalue weighted by Gasteiger charge is -2.29. The van der Waals surface area contributed by atoms with Gasteiger partial charge in [-0.1, -0.05) is 0 Å². The van der Waals surface area contributed by atoms with Gasteiger partial charge in [-0.25, -0.2) is 27.2 Å². The van der Waals surface area contributed by atoms with Gasteiger partial charge < -0.3 is 15.2 Å². The molecule has 3 rings (SSSR count). The van der Waals surface area contributed by atoms with Crippen LogP contribution in [0.15, 0.2) is 34.9 Å². The highest BCUT2D eigenvalue weighted by Crippen LogP contribution is 2.44. The number of carboxylic acids is 1. The number of ether oxygens (including phenoxy) is 1. The molecule has 2 aliphatic heterocycles. The molecule has 0 spiro atoms. The lowest BCUT2D eigenvalue weighted by atomic mass is 9.79. The predicted octanol–water partition coefficient (Wildman–Crippen LogP) is 2.35. The Kier molecular flexibility index (Phi) is 4.43. The van der Waals surface area contributed by atoms with E-state index in [4.69, 9.17) is 4.74 Å². The molecule has 2 atom stereocenters. The van der Waals surface area contributed by atoms with Crippen LogP contribution in [-0.4, -0.2) is 35.1 Å². The second-order valence-electron chi connectivity index (χ2n) is 5.70. The van der Waals surface area contributed by atoms with E-state index in [1.54, 1.807) is 0 Å². The first-order valence-corrected chi connectivity index (χ1v) is 7.44. The molecule has 26 heavy (non-hydrogen) atoms. The summed E-state index contributed by atoms with van der Waals surface area (Å²) in [4.78, 5) is 27.3. The minimum Gasteiger partial charge on any atom is -0.478 e.